The van der Waals surface area contributed by atoms with E-state index in [2.05, 4.69) is 10.6 Å². The first-order valence-corrected chi connectivity index (χ1v) is 11.4. The normalized spacial score (nSPS) is 12.8. The SMILES string of the molecule is CN(N)/C(=C\N)c1csc(C(=O)NC(CNC(=S)OC(C)(C)C)Cc2ccc(F)c(F)c2)c1. The zero-order valence-corrected chi connectivity index (χ0v) is 20.6. The Labute approximate surface area is 201 Å². The highest BCUT2D eigenvalue weighted by Gasteiger charge is 2.20. The number of carbonyl (C=O) groups excluding carboxylic acids is 1. The third kappa shape index (κ3) is 8.26. The molecule has 7 nitrogen and oxygen atoms in total. The van der Waals surface area contributed by atoms with Crippen LogP contribution in [0.25, 0.3) is 5.70 Å². The van der Waals surface area contributed by atoms with Gasteiger partial charge in [0.15, 0.2) is 11.6 Å². The second-order valence-corrected chi connectivity index (χ2v) is 9.65. The number of carbonyl (C=O) groups is 1. The largest absolute Gasteiger partial charge is 0.465 e. The molecule has 11 heteroatoms. The molecule has 0 saturated carbocycles. The molecule has 0 spiro atoms. The molecule has 0 aliphatic heterocycles. The number of nitrogens with zero attached hydrogens (tertiary/aromatic N) is 1. The van der Waals surface area contributed by atoms with E-state index in [0.717, 1.165) is 12.1 Å². The molecular weight excluding hydrogens is 468 g/mol. The number of thiophene rings is 1. The molecule has 0 aliphatic carbocycles. The number of hydrogen-bond donors (Lipinski definition) is 4. The Kier molecular flexibility index (Phi) is 9.15. The van der Waals surface area contributed by atoms with Crippen molar-refractivity contribution in [3.05, 3.63) is 63.5 Å². The molecule has 0 bridgehead atoms. The Morgan fingerprint density at radius 3 is 2.58 bits per heavy atom. The van der Waals surface area contributed by atoms with Crippen molar-refractivity contribution in [2.24, 2.45) is 11.6 Å². The molecule has 0 radical (unpaired) electrons. The van der Waals surface area contributed by atoms with Crippen LogP contribution in [0.3, 0.4) is 0 Å². The first-order chi connectivity index (χ1) is 15.4. The summed E-state index contributed by atoms with van der Waals surface area (Å²) in [4.78, 5) is 13.4. The topological polar surface area (TPSA) is 106 Å². The summed E-state index contributed by atoms with van der Waals surface area (Å²) in [5.74, 6) is 3.55. The summed E-state index contributed by atoms with van der Waals surface area (Å²) in [5, 5.41) is 9.19. The van der Waals surface area contributed by atoms with E-state index in [-0.39, 0.29) is 24.0 Å². The van der Waals surface area contributed by atoms with Crippen LogP contribution in [0.1, 0.15) is 41.6 Å². The van der Waals surface area contributed by atoms with E-state index in [0.29, 0.717) is 21.7 Å². The zero-order valence-electron chi connectivity index (χ0n) is 18.9. The first kappa shape index (κ1) is 26.5. The van der Waals surface area contributed by atoms with Gasteiger partial charge in [0.25, 0.3) is 11.1 Å². The highest BCUT2D eigenvalue weighted by Crippen LogP contribution is 2.22. The van der Waals surface area contributed by atoms with Crippen LogP contribution in [-0.2, 0) is 11.2 Å². The van der Waals surface area contributed by atoms with E-state index in [4.69, 9.17) is 28.5 Å². The van der Waals surface area contributed by atoms with Crippen LogP contribution in [0, 0.1) is 11.6 Å². The molecule has 6 N–H and O–H groups in total. The van der Waals surface area contributed by atoms with Crippen molar-refractivity contribution < 1.29 is 18.3 Å². The number of benzene rings is 1. The van der Waals surface area contributed by atoms with E-state index in [1.165, 1.54) is 28.6 Å². The van der Waals surface area contributed by atoms with E-state index in [1.807, 2.05) is 20.8 Å². The average molecular weight is 498 g/mol. The number of rotatable bonds is 8. The Morgan fingerprint density at radius 2 is 2.00 bits per heavy atom. The Morgan fingerprint density at radius 1 is 1.30 bits per heavy atom. The van der Waals surface area contributed by atoms with Crippen LogP contribution in [0.2, 0.25) is 0 Å². The number of hydrogen-bond acceptors (Lipinski definition) is 7. The highest BCUT2D eigenvalue weighted by molar-refractivity contribution is 7.80. The van der Waals surface area contributed by atoms with Gasteiger partial charge in [-0.2, -0.15) is 0 Å². The summed E-state index contributed by atoms with van der Waals surface area (Å²) in [6, 6.07) is 4.82. The van der Waals surface area contributed by atoms with Gasteiger partial charge in [0.2, 0.25) is 0 Å². The Balaban J connectivity index is 2.16. The fraction of sp³-hybridized carbons (Fsp3) is 0.364. The van der Waals surface area contributed by atoms with Gasteiger partial charge in [-0.3, -0.25) is 4.79 Å². The predicted molar refractivity (Wildman–Crippen MR) is 131 cm³/mol. The number of hydrazine groups is 1. The van der Waals surface area contributed by atoms with Crippen LogP contribution in [0.4, 0.5) is 8.78 Å². The standard InChI is InChI=1S/C22H29F2N5O2S2/c1-22(2,3)31-21(32)27-11-15(7-13-5-6-16(23)17(24)8-13)28-20(30)19-9-14(12-33-19)18(10-25)29(4)26/h5-6,8-10,12,15H,7,11,25-26H2,1-4H3,(H,27,32)(H,28,30)/b18-10-. The summed E-state index contributed by atoms with van der Waals surface area (Å²) in [7, 11) is 1.64. The van der Waals surface area contributed by atoms with Gasteiger partial charge in [-0.25, -0.2) is 14.6 Å². The van der Waals surface area contributed by atoms with Crippen LogP contribution in [0.15, 0.2) is 35.8 Å². The lowest BCUT2D eigenvalue weighted by atomic mass is 10.1. The molecule has 0 saturated heterocycles. The van der Waals surface area contributed by atoms with Crippen LogP contribution >= 0.6 is 23.6 Å². The molecule has 1 heterocycles. The Hall–Kier alpha value is -2.76. The third-order valence-corrected chi connectivity index (χ3v) is 5.51. The predicted octanol–water partition coefficient (Wildman–Crippen LogP) is 3.12. The van der Waals surface area contributed by atoms with Crippen molar-refractivity contribution >= 4 is 40.3 Å². The summed E-state index contributed by atoms with van der Waals surface area (Å²) in [6.07, 6.45) is 1.60. The van der Waals surface area contributed by atoms with E-state index < -0.39 is 23.3 Å². The maximum atomic E-state index is 13.7. The number of thiocarbonyl (C=S) groups is 1. The summed E-state index contributed by atoms with van der Waals surface area (Å²) >= 11 is 6.44. The fourth-order valence-corrected chi connectivity index (χ4v) is 4.05. The van der Waals surface area contributed by atoms with Crippen LogP contribution in [0.5, 0.6) is 0 Å². The smallest absolute Gasteiger partial charge is 0.261 e. The molecule has 1 amide bonds. The minimum Gasteiger partial charge on any atom is -0.465 e. The highest BCUT2D eigenvalue weighted by atomic mass is 32.1. The average Bonchev–Trinajstić information content (AvgIpc) is 3.18. The van der Waals surface area contributed by atoms with Gasteiger partial charge >= 0.3 is 0 Å². The molecule has 0 fully saturated rings. The van der Waals surface area contributed by atoms with E-state index >= 15 is 0 Å². The van der Waals surface area contributed by atoms with Crippen LogP contribution < -0.4 is 22.2 Å². The van der Waals surface area contributed by atoms with Gasteiger partial charge < -0.3 is 26.1 Å². The zero-order chi connectivity index (χ0) is 24.8. The minimum atomic E-state index is -0.952. The van der Waals surface area contributed by atoms with E-state index in [1.54, 1.807) is 18.5 Å². The molecule has 1 aromatic heterocycles. The lowest BCUT2D eigenvalue weighted by Gasteiger charge is -2.24. The molecule has 1 aromatic carbocycles. The molecule has 1 atom stereocenters. The maximum absolute atomic E-state index is 13.7. The maximum Gasteiger partial charge on any atom is 0.261 e. The van der Waals surface area contributed by atoms with Gasteiger partial charge in [0.1, 0.15) is 5.60 Å². The number of nitrogens with one attached hydrogen (secondary N) is 2. The molecule has 2 aromatic rings. The molecule has 2 rings (SSSR count). The summed E-state index contributed by atoms with van der Waals surface area (Å²) in [6.45, 7) is 5.80. The quantitative estimate of drug-likeness (QED) is 0.252. The molecule has 180 valence electrons. The molecule has 0 aliphatic rings. The summed E-state index contributed by atoms with van der Waals surface area (Å²) in [5.41, 5.74) is 6.93. The third-order valence-electron chi connectivity index (χ3n) is 4.35. The molecular formula is C22H29F2N5O2S2. The van der Waals surface area contributed by atoms with Gasteiger partial charge in [-0.05, 0) is 63.2 Å². The number of nitrogens with two attached hydrogens (primary N) is 2. The second kappa shape index (κ2) is 11.4. The van der Waals surface area contributed by atoms with Crippen molar-refractivity contribution in [2.45, 2.75) is 38.8 Å². The minimum absolute atomic E-state index is 0.175. The summed E-state index contributed by atoms with van der Waals surface area (Å²) < 4.78 is 32.6. The second-order valence-electron chi connectivity index (χ2n) is 8.37. The van der Waals surface area contributed by atoms with E-state index in [9.17, 15) is 13.6 Å². The molecule has 33 heavy (non-hydrogen) atoms. The Bertz CT molecular complexity index is 1020. The number of ether oxygens (including phenoxy) is 1. The molecule has 1 unspecified atom stereocenters. The van der Waals surface area contributed by atoms with Gasteiger partial charge in [0.05, 0.1) is 16.6 Å². The first-order valence-electron chi connectivity index (χ1n) is 10.1. The van der Waals surface area contributed by atoms with Gasteiger partial charge in [-0.15, -0.1) is 11.3 Å². The van der Waals surface area contributed by atoms with Crippen molar-refractivity contribution in [3.8, 4) is 0 Å². The number of amides is 1. The monoisotopic (exact) mass is 497 g/mol. The number of halogens is 2. The van der Waals surface area contributed by atoms with Crippen molar-refractivity contribution in [3.63, 3.8) is 0 Å². The van der Waals surface area contributed by atoms with Gasteiger partial charge in [0, 0.05) is 30.7 Å². The van der Waals surface area contributed by atoms with Gasteiger partial charge in [-0.1, -0.05) is 6.07 Å². The van der Waals surface area contributed by atoms with Crippen molar-refractivity contribution in [1.29, 1.82) is 0 Å². The fourth-order valence-electron chi connectivity index (χ4n) is 2.91. The van der Waals surface area contributed by atoms with Crippen LogP contribution in [-0.4, -0.2) is 41.3 Å². The van der Waals surface area contributed by atoms with Crippen molar-refractivity contribution in [1.82, 2.24) is 15.6 Å². The lowest BCUT2D eigenvalue weighted by molar-refractivity contribution is 0.0936. The van der Waals surface area contributed by atoms with Crippen molar-refractivity contribution in [2.75, 3.05) is 13.6 Å². The lowest BCUT2D eigenvalue weighted by Crippen LogP contribution is -2.45.